The molecular weight excluding hydrogens is 589 g/mol. The number of aromatic hydroxyl groups is 1. The zero-order valence-corrected chi connectivity index (χ0v) is 23.6. The average molecular weight is 620 g/mol. The van der Waals surface area contributed by atoms with E-state index in [-0.39, 0.29) is 41.4 Å². The molecule has 1 aliphatic carbocycles. The number of ether oxygens (including phenoxy) is 2. The molecule has 2 saturated heterocycles. The molecule has 0 spiro atoms. The first-order chi connectivity index (χ1) is 17.3. The monoisotopic (exact) mass is 619 g/mol. The van der Waals surface area contributed by atoms with Crippen molar-refractivity contribution >= 4 is 51.8 Å². The molecule has 2 aromatic rings. The van der Waals surface area contributed by atoms with Crippen LogP contribution in [0.4, 0.5) is 0 Å². The van der Waals surface area contributed by atoms with Gasteiger partial charge in [-0.15, -0.1) is 11.3 Å². The average Bonchev–Trinajstić information content (AvgIpc) is 3.57. The fraction of sp³-hybridized carbons (Fsp3) is 0.429. The van der Waals surface area contributed by atoms with Crippen LogP contribution in [0.25, 0.3) is 6.08 Å². The minimum Gasteiger partial charge on any atom is -0.504 e. The molecule has 3 heterocycles. The first-order valence-electron chi connectivity index (χ1n) is 12.2. The number of phenols is 1. The first-order valence-corrected chi connectivity index (χ1v) is 14.2. The second kappa shape index (κ2) is 10.3. The molecule has 0 unspecified atom stereocenters. The largest absolute Gasteiger partial charge is 0.504 e. The number of halogens is 1. The van der Waals surface area contributed by atoms with E-state index >= 15 is 0 Å². The fourth-order valence-electron chi connectivity index (χ4n) is 5.96. The zero-order valence-electron chi connectivity index (χ0n) is 20.6. The van der Waals surface area contributed by atoms with Crippen LogP contribution in [0, 0.1) is 21.3 Å². The van der Waals surface area contributed by atoms with Gasteiger partial charge in [-0.1, -0.05) is 23.3 Å². The molecule has 5 rings (SSSR count). The number of carbonyl (C=O) groups excluding carboxylic acids is 2. The number of hydrogen-bond acceptors (Lipinski definition) is 6. The molecule has 8 heteroatoms. The van der Waals surface area contributed by atoms with Crippen LogP contribution in [0.5, 0.6) is 11.5 Å². The number of nitrogens with zero attached hydrogens (tertiary/aromatic N) is 1. The molecule has 0 radical (unpaired) electrons. The highest BCUT2D eigenvalue weighted by Crippen LogP contribution is 2.50. The molecule has 0 bridgehead atoms. The Bertz CT molecular complexity index is 1250. The number of methoxy groups -OCH3 is 1. The molecule has 1 N–H and O–H groups in total. The van der Waals surface area contributed by atoms with E-state index in [0.29, 0.717) is 25.3 Å². The van der Waals surface area contributed by atoms with Crippen LogP contribution in [0.3, 0.4) is 0 Å². The van der Waals surface area contributed by atoms with E-state index in [1.54, 1.807) is 18.4 Å². The molecule has 4 atom stereocenters. The summed E-state index contributed by atoms with van der Waals surface area (Å²) in [6.45, 7) is 5.07. The van der Waals surface area contributed by atoms with E-state index in [4.69, 9.17) is 9.47 Å². The van der Waals surface area contributed by atoms with Gasteiger partial charge in [0, 0.05) is 10.8 Å². The van der Waals surface area contributed by atoms with E-state index in [9.17, 15) is 14.7 Å². The summed E-state index contributed by atoms with van der Waals surface area (Å²) in [7, 11) is 1.55. The van der Waals surface area contributed by atoms with Crippen molar-refractivity contribution in [2.24, 2.45) is 17.8 Å². The van der Waals surface area contributed by atoms with Gasteiger partial charge < -0.3 is 14.6 Å². The predicted molar refractivity (Wildman–Crippen MR) is 148 cm³/mol. The Morgan fingerprint density at radius 2 is 2.11 bits per heavy atom. The smallest absolute Gasteiger partial charge is 0.234 e. The van der Waals surface area contributed by atoms with Crippen molar-refractivity contribution in [3.8, 4) is 11.5 Å². The molecule has 190 valence electrons. The Kier molecular flexibility index (Phi) is 7.29. The van der Waals surface area contributed by atoms with Crippen molar-refractivity contribution in [3.05, 3.63) is 60.4 Å². The predicted octanol–water partition coefficient (Wildman–Crippen LogP) is 5.79. The maximum absolute atomic E-state index is 13.4. The van der Waals surface area contributed by atoms with E-state index in [2.05, 4.69) is 42.5 Å². The number of benzene rings is 1. The standard InChI is InChI=1S/C28H30INO5S/c1-15(9-17-11-21(29)26(31)23(12-17)34-3)6-7-22-24-16(2)10-19-25(20(24)14-35-22)28(33)30(27(19)32)13-18-5-4-8-36-18/h4-5,8-9,11-12,19-20,22,25,31H,6-7,10,13-14H2,1-3H3/b15-9+/t19-,20+,22-,25-/m1/s1. The Labute approximate surface area is 229 Å². The lowest BCUT2D eigenvalue weighted by molar-refractivity contribution is -0.140. The number of hydrogen-bond donors (Lipinski definition) is 1. The number of carbonyl (C=O) groups is 2. The van der Waals surface area contributed by atoms with Crippen LogP contribution in [0.15, 0.2) is 46.4 Å². The van der Waals surface area contributed by atoms with E-state index in [0.717, 1.165) is 26.9 Å². The van der Waals surface area contributed by atoms with Gasteiger partial charge in [0.15, 0.2) is 11.5 Å². The van der Waals surface area contributed by atoms with Gasteiger partial charge in [-0.2, -0.15) is 0 Å². The van der Waals surface area contributed by atoms with Crippen LogP contribution in [0.2, 0.25) is 0 Å². The van der Waals surface area contributed by atoms with Crippen LogP contribution in [-0.4, -0.2) is 41.6 Å². The van der Waals surface area contributed by atoms with Gasteiger partial charge in [-0.25, -0.2) is 0 Å². The lowest BCUT2D eigenvalue weighted by Crippen LogP contribution is -2.34. The van der Waals surface area contributed by atoms with Crippen LogP contribution >= 0.6 is 33.9 Å². The Balaban J connectivity index is 1.29. The summed E-state index contributed by atoms with van der Waals surface area (Å²) < 4.78 is 12.3. The summed E-state index contributed by atoms with van der Waals surface area (Å²) in [5.74, 6) is -0.0191. The summed E-state index contributed by atoms with van der Waals surface area (Å²) >= 11 is 3.68. The van der Waals surface area contributed by atoms with Crippen molar-refractivity contribution in [3.63, 3.8) is 0 Å². The molecule has 2 fully saturated rings. The Hall–Kier alpha value is -2.17. The molecule has 2 aliphatic heterocycles. The summed E-state index contributed by atoms with van der Waals surface area (Å²) in [5, 5.41) is 12.1. The molecular formula is C28H30INO5S. The van der Waals surface area contributed by atoms with Gasteiger partial charge in [0.1, 0.15) is 0 Å². The highest BCUT2D eigenvalue weighted by Gasteiger charge is 2.56. The number of amides is 2. The van der Waals surface area contributed by atoms with Crippen LogP contribution < -0.4 is 4.74 Å². The lowest BCUT2D eigenvalue weighted by Gasteiger charge is -2.30. The van der Waals surface area contributed by atoms with Gasteiger partial charge in [0.2, 0.25) is 11.8 Å². The normalized spacial score (nSPS) is 26.0. The lowest BCUT2D eigenvalue weighted by atomic mass is 9.70. The van der Waals surface area contributed by atoms with Gasteiger partial charge in [-0.3, -0.25) is 14.5 Å². The van der Waals surface area contributed by atoms with Gasteiger partial charge >= 0.3 is 0 Å². The number of allylic oxidation sites excluding steroid dienone is 2. The van der Waals surface area contributed by atoms with Crippen LogP contribution in [-0.2, 0) is 20.9 Å². The second-order valence-corrected chi connectivity index (χ2v) is 12.1. The van der Waals surface area contributed by atoms with Crippen molar-refractivity contribution in [2.45, 2.75) is 45.8 Å². The third-order valence-corrected chi connectivity index (χ3v) is 9.31. The third kappa shape index (κ3) is 4.63. The number of thiophene rings is 1. The first kappa shape index (κ1) is 25.5. The number of fused-ring (bicyclic) bond motifs is 3. The topological polar surface area (TPSA) is 76.1 Å². The van der Waals surface area contributed by atoms with Gasteiger partial charge in [0.25, 0.3) is 0 Å². The molecule has 2 amide bonds. The van der Waals surface area contributed by atoms with Crippen molar-refractivity contribution < 1.29 is 24.2 Å². The quantitative estimate of drug-likeness (QED) is 0.242. The minimum absolute atomic E-state index is 0.00856. The maximum atomic E-state index is 13.4. The molecule has 0 saturated carbocycles. The zero-order chi connectivity index (χ0) is 25.6. The highest BCUT2D eigenvalue weighted by atomic mass is 127. The van der Waals surface area contributed by atoms with Crippen molar-refractivity contribution in [2.75, 3.05) is 13.7 Å². The molecule has 3 aliphatic rings. The number of rotatable bonds is 7. The summed E-state index contributed by atoms with van der Waals surface area (Å²) in [6, 6.07) is 7.69. The summed E-state index contributed by atoms with van der Waals surface area (Å²) in [6.07, 6.45) is 4.40. The molecule has 1 aromatic carbocycles. The molecule has 36 heavy (non-hydrogen) atoms. The molecule has 1 aromatic heterocycles. The fourth-order valence-corrected chi connectivity index (χ4v) is 7.27. The summed E-state index contributed by atoms with van der Waals surface area (Å²) in [5.41, 5.74) is 4.63. The van der Waals surface area contributed by atoms with Crippen LogP contribution in [0.1, 0.15) is 43.6 Å². The number of phenolic OH excluding ortho intramolecular Hbond substituents is 1. The van der Waals surface area contributed by atoms with Crippen molar-refractivity contribution in [1.82, 2.24) is 4.90 Å². The number of imide groups is 1. The van der Waals surface area contributed by atoms with E-state index < -0.39 is 0 Å². The van der Waals surface area contributed by atoms with E-state index in [1.165, 1.54) is 21.6 Å². The Morgan fingerprint density at radius 1 is 1.31 bits per heavy atom. The minimum atomic E-state index is -0.302. The van der Waals surface area contributed by atoms with Crippen molar-refractivity contribution in [1.29, 1.82) is 0 Å². The Morgan fingerprint density at radius 3 is 2.83 bits per heavy atom. The van der Waals surface area contributed by atoms with Gasteiger partial charge in [0.05, 0.1) is 41.8 Å². The van der Waals surface area contributed by atoms with Gasteiger partial charge in [-0.05, 0) is 90.4 Å². The third-order valence-electron chi connectivity index (χ3n) is 7.62. The highest BCUT2D eigenvalue weighted by molar-refractivity contribution is 14.1. The SMILES string of the molecule is COc1cc(/C=C(\C)CC[C@H]2OC[C@H]3C2=C(C)C[C@H]2C(=O)N(Cc4cccs4)C(=O)[C@H]23)cc(I)c1O. The summed E-state index contributed by atoms with van der Waals surface area (Å²) in [4.78, 5) is 29.1. The molecule has 6 nitrogen and oxygen atoms in total. The number of likely N-dealkylation sites (tertiary alicyclic amines) is 1. The van der Waals surface area contributed by atoms with E-state index in [1.807, 2.05) is 29.6 Å². The second-order valence-electron chi connectivity index (χ2n) is 9.93. The maximum Gasteiger partial charge on any atom is 0.234 e.